The zero-order valence-corrected chi connectivity index (χ0v) is 16.1. The Kier molecular flexibility index (Phi) is 7.06. The van der Waals surface area contributed by atoms with E-state index in [1.165, 1.54) is 22.5 Å². The van der Waals surface area contributed by atoms with E-state index in [2.05, 4.69) is 27.8 Å². The molecule has 3 rings (SSSR count). The van der Waals surface area contributed by atoms with Crippen LogP contribution in [-0.2, 0) is 11.2 Å². The lowest BCUT2D eigenvalue weighted by Crippen LogP contribution is -2.26. The molecular weight excluding hydrogens is 382 g/mol. The van der Waals surface area contributed by atoms with Gasteiger partial charge in [0.2, 0.25) is 5.91 Å². The van der Waals surface area contributed by atoms with Gasteiger partial charge in [0.05, 0.1) is 18.4 Å². The van der Waals surface area contributed by atoms with Crippen LogP contribution in [0.25, 0.3) is 0 Å². The van der Waals surface area contributed by atoms with Crippen LogP contribution in [0.1, 0.15) is 22.7 Å². The zero-order valence-electron chi connectivity index (χ0n) is 14.5. The number of anilines is 1. The molecule has 6 nitrogen and oxygen atoms in total. The van der Waals surface area contributed by atoms with Crippen LogP contribution in [0.5, 0.6) is 0 Å². The molecule has 1 aromatic carbocycles. The summed E-state index contributed by atoms with van der Waals surface area (Å²) in [5, 5.41) is 7.76. The number of hydrogen-bond acceptors (Lipinski definition) is 6. The van der Waals surface area contributed by atoms with Crippen molar-refractivity contribution in [2.45, 2.75) is 17.7 Å². The quantitative estimate of drug-likeness (QED) is 0.420. The summed E-state index contributed by atoms with van der Waals surface area (Å²) < 4.78 is 5.03. The van der Waals surface area contributed by atoms with Crippen molar-refractivity contribution in [1.82, 2.24) is 10.3 Å². The third-order valence-corrected chi connectivity index (χ3v) is 5.42. The fourth-order valence-corrected chi connectivity index (χ4v) is 3.83. The Morgan fingerprint density at radius 2 is 2.00 bits per heavy atom. The first-order valence-electron chi connectivity index (χ1n) is 8.44. The van der Waals surface area contributed by atoms with Crippen LogP contribution in [0.3, 0.4) is 0 Å². The van der Waals surface area contributed by atoms with Crippen LogP contribution in [-0.4, -0.2) is 29.1 Å². The van der Waals surface area contributed by atoms with Crippen molar-refractivity contribution in [2.24, 2.45) is 0 Å². The van der Waals surface area contributed by atoms with Crippen molar-refractivity contribution < 1.29 is 14.0 Å². The topological polar surface area (TPSA) is 84.2 Å². The smallest absolute Gasteiger partial charge is 0.293 e. The molecule has 0 saturated heterocycles. The first-order chi connectivity index (χ1) is 13.2. The highest BCUT2D eigenvalue weighted by molar-refractivity contribution is 7.99. The molecule has 2 aromatic heterocycles. The van der Waals surface area contributed by atoms with Gasteiger partial charge in [-0.25, -0.2) is 4.98 Å². The summed E-state index contributed by atoms with van der Waals surface area (Å²) in [5.41, 5.74) is 0.630. The third-order valence-electron chi connectivity index (χ3n) is 3.51. The highest BCUT2D eigenvalue weighted by Crippen LogP contribution is 2.18. The molecule has 0 aliphatic rings. The van der Waals surface area contributed by atoms with Crippen molar-refractivity contribution in [3.05, 3.63) is 65.6 Å². The summed E-state index contributed by atoms with van der Waals surface area (Å²) in [6.07, 6.45) is 2.52. The Bertz CT molecular complexity index is 863. The lowest BCUT2D eigenvalue weighted by Gasteiger charge is -2.04. The van der Waals surface area contributed by atoms with Crippen LogP contribution < -0.4 is 10.6 Å². The Balaban J connectivity index is 1.34. The van der Waals surface area contributed by atoms with Gasteiger partial charge in [0.25, 0.3) is 5.91 Å². The van der Waals surface area contributed by atoms with E-state index in [0.717, 1.165) is 12.2 Å². The number of furan rings is 1. The van der Waals surface area contributed by atoms with Gasteiger partial charge in [-0.2, -0.15) is 0 Å². The first kappa shape index (κ1) is 19.2. The van der Waals surface area contributed by atoms with Crippen molar-refractivity contribution in [3.8, 4) is 0 Å². The second kappa shape index (κ2) is 9.94. The lowest BCUT2D eigenvalue weighted by atomic mass is 10.3. The molecular formula is C19H19N3O3S2. The van der Waals surface area contributed by atoms with E-state index >= 15 is 0 Å². The lowest BCUT2D eigenvalue weighted by molar-refractivity contribution is -0.120. The van der Waals surface area contributed by atoms with Crippen LogP contribution in [0.2, 0.25) is 0 Å². The van der Waals surface area contributed by atoms with Gasteiger partial charge in [-0.15, -0.1) is 23.1 Å². The highest BCUT2D eigenvalue weighted by atomic mass is 32.2. The SMILES string of the molecule is O=C(Cc1csc(NC(=O)c2ccco2)n1)NCCCSc1ccccc1. The number of nitrogens with one attached hydrogen (secondary N) is 2. The molecule has 0 radical (unpaired) electrons. The number of thioether (sulfide) groups is 1. The minimum atomic E-state index is -0.360. The molecule has 0 spiro atoms. The monoisotopic (exact) mass is 401 g/mol. The molecule has 0 unspecified atom stereocenters. The molecule has 2 N–H and O–H groups in total. The number of rotatable bonds is 9. The molecule has 0 aliphatic heterocycles. The predicted molar refractivity (Wildman–Crippen MR) is 107 cm³/mol. The van der Waals surface area contributed by atoms with Crippen LogP contribution in [0, 0.1) is 0 Å². The fraction of sp³-hybridized carbons (Fsp3) is 0.211. The van der Waals surface area contributed by atoms with Crippen LogP contribution >= 0.6 is 23.1 Å². The molecule has 0 bridgehead atoms. The van der Waals surface area contributed by atoms with Gasteiger partial charge in [-0.3, -0.25) is 14.9 Å². The standard InChI is InChI=1S/C19H19N3O3S2/c23-17(20-9-5-11-26-15-6-2-1-3-7-15)12-14-13-27-19(21-14)22-18(24)16-8-4-10-25-16/h1-4,6-8,10,13H,5,9,11-12H2,(H,20,23)(H,21,22,24). The average Bonchev–Trinajstić information content (AvgIpc) is 3.34. The molecule has 2 heterocycles. The summed E-state index contributed by atoms with van der Waals surface area (Å²) in [6.45, 7) is 0.630. The molecule has 0 fully saturated rings. The van der Waals surface area contributed by atoms with Crippen molar-refractivity contribution >= 4 is 40.0 Å². The van der Waals surface area contributed by atoms with Gasteiger partial charge in [-0.05, 0) is 36.4 Å². The molecule has 27 heavy (non-hydrogen) atoms. The third kappa shape index (κ3) is 6.26. The summed E-state index contributed by atoms with van der Waals surface area (Å²) in [6, 6.07) is 13.4. The molecule has 0 aliphatic carbocycles. The van der Waals surface area contributed by atoms with E-state index < -0.39 is 0 Å². The summed E-state index contributed by atoms with van der Waals surface area (Å²) in [7, 11) is 0. The predicted octanol–water partition coefficient (Wildman–Crippen LogP) is 3.83. The molecule has 8 heteroatoms. The van der Waals surface area contributed by atoms with E-state index in [1.807, 2.05) is 18.2 Å². The van der Waals surface area contributed by atoms with Crippen molar-refractivity contribution in [3.63, 3.8) is 0 Å². The number of aromatic nitrogens is 1. The van der Waals surface area contributed by atoms with Gasteiger partial charge in [0, 0.05) is 16.8 Å². The van der Waals surface area contributed by atoms with Crippen molar-refractivity contribution in [2.75, 3.05) is 17.6 Å². The van der Waals surface area contributed by atoms with Crippen LogP contribution in [0.15, 0.2) is 63.4 Å². The summed E-state index contributed by atoms with van der Waals surface area (Å²) in [4.78, 5) is 29.4. The molecule has 0 saturated carbocycles. The number of thiazole rings is 1. The minimum Gasteiger partial charge on any atom is -0.459 e. The van der Waals surface area contributed by atoms with E-state index in [4.69, 9.17) is 4.42 Å². The number of carbonyl (C=O) groups excluding carboxylic acids is 2. The maximum Gasteiger partial charge on any atom is 0.293 e. The second-order valence-corrected chi connectivity index (χ2v) is 7.64. The average molecular weight is 402 g/mol. The van der Waals surface area contributed by atoms with Gasteiger partial charge in [-0.1, -0.05) is 18.2 Å². The maximum atomic E-state index is 12.0. The first-order valence-corrected chi connectivity index (χ1v) is 10.3. The number of benzene rings is 1. The Morgan fingerprint density at radius 3 is 2.78 bits per heavy atom. The van der Waals surface area contributed by atoms with Gasteiger partial charge in [0.1, 0.15) is 0 Å². The number of nitrogens with zero attached hydrogens (tertiary/aromatic N) is 1. The molecule has 3 aromatic rings. The molecule has 2 amide bonds. The maximum absolute atomic E-state index is 12.0. The largest absolute Gasteiger partial charge is 0.459 e. The Morgan fingerprint density at radius 1 is 1.15 bits per heavy atom. The highest BCUT2D eigenvalue weighted by Gasteiger charge is 2.12. The molecule has 140 valence electrons. The van der Waals surface area contributed by atoms with Crippen molar-refractivity contribution in [1.29, 1.82) is 0 Å². The van der Waals surface area contributed by atoms with Gasteiger partial charge >= 0.3 is 0 Å². The van der Waals surface area contributed by atoms with E-state index in [-0.39, 0.29) is 24.0 Å². The Hall–Kier alpha value is -2.58. The minimum absolute atomic E-state index is 0.0751. The normalized spacial score (nSPS) is 10.5. The fourth-order valence-electron chi connectivity index (χ4n) is 2.25. The number of carbonyl (C=O) groups is 2. The zero-order chi connectivity index (χ0) is 18.9. The number of amides is 2. The number of hydrogen-bond donors (Lipinski definition) is 2. The van der Waals surface area contributed by atoms with Gasteiger partial charge < -0.3 is 9.73 Å². The molecule has 0 atom stereocenters. The summed E-state index contributed by atoms with van der Waals surface area (Å²) >= 11 is 3.05. The summed E-state index contributed by atoms with van der Waals surface area (Å²) in [5.74, 6) is 0.734. The second-order valence-electron chi connectivity index (χ2n) is 5.62. The van der Waals surface area contributed by atoms with E-state index in [0.29, 0.717) is 17.4 Å². The van der Waals surface area contributed by atoms with Crippen LogP contribution in [0.4, 0.5) is 5.13 Å². The van der Waals surface area contributed by atoms with E-state index in [9.17, 15) is 9.59 Å². The van der Waals surface area contributed by atoms with E-state index in [1.54, 1.807) is 29.3 Å². The van der Waals surface area contributed by atoms with Gasteiger partial charge in [0.15, 0.2) is 10.9 Å². The Labute approximate surface area is 165 Å².